The van der Waals surface area contributed by atoms with E-state index in [0.29, 0.717) is 0 Å². The van der Waals surface area contributed by atoms with Gasteiger partial charge < -0.3 is 0 Å². The quantitative estimate of drug-likeness (QED) is 0.167. The molecule has 0 heterocycles. The summed E-state index contributed by atoms with van der Waals surface area (Å²) in [6.45, 7) is 0. The fourth-order valence-corrected chi connectivity index (χ4v) is 8.91. The number of rotatable bonds is 4. The molecule has 0 N–H and O–H groups in total. The van der Waals surface area contributed by atoms with Crippen LogP contribution in [0, 0.1) is 0 Å². The number of benzene rings is 9. The van der Waals surface area contributed by atoms with E-state index in [0.717, 1.165) is 0 Å². The lowest BCUT2D eigenvalue weighted by Gasteiger charge is -2.38. The van der Waals surface area contributed by atoms with Crippen molar-refractivity contribution in [3.8, 4) is 44.5 Å². The third kappa shape index (κ3) is 4.40. The highest BCUT2D eigenvalue weighted by Gasteiger charge is 2.43. The lowest BCUT2D eigenvalue weighted by molar-refractivity contribution is 0.753. The Morgan fingerprint density at radius 2 is 0.647 bits per heavy atom. The molecule has 0 nitrogen and oxygen atoms in total. The Morgan fingerprint density at radius 1 is 0.255 bits per heavy atom. The summed E-state index contributed by atoms with van der Waals surface area (Å²) >= 11 is 0. The van der Waals surface area contributed by atoms with Gasteiger partial charge in [-0.2, -0.15) is 0 Å². The van der Waals surface area contributed by atoms with Gasteiger partial charge in [0.1, 0.15) is 0 Å². The van der Waals surface area contributed by atoms with Gasteiger partial charge in [-0.3, -0.25) is 0 Å². The van der Waals surface area contributed by atoms with Crippen LogP contribution in [0.4, 0.5) is 0 Å². The molecule has 10 rings (SSSR count). The first-order valence-corrected chi connectivity index (χ1v) is 17.8. The second-order valence-corrected chi connectivity index (χ2v) is 13.5. The lowest BCUT2D eigenvalue weighted by Crippen LogP contribution is -2.31. The molecule has 0 aromatic heterocycles. The Balaban J connectivity index is 1.42. The van der Waals surface area contributed by atoms with Crippen molar-refractivity contribution in [2.75, 3.05) is 0 Å². The Morgan fingerprint density at radius 3 is 1.18 bits per heavy atom. The third-order valence-corrected chi connectivity index (χ3v) is 11.0. The topological polar surface area (TPSA) is 0 Å². The summed E-state index contributed by atoms with van der Waals surface area (Å²) in [5, 5.41) is 5.03. The van der Waals surface area contributed by atoms with Gasteiger partial charge in [0.05, 0.1) is 5.41 Å². The predicted molar refractivity (Wildman–Crippen MR) is 215 cm³/mol. The predicted octanol–water partition coefficient (Wildman–Crippen LogP) is 13.4. The van der Waals surface area contributed by atoms with Gasteiger partial charge in [0.25, 0.3) is 0 Å². The van der Waals surface area contributed by atoms with Crippen LogP contribution in [0.1, 0.15) is 22.3 Å². The van der Waals surface area contributed by atoms with Crippen LogP contribution in [-0.2, 0) is 5.41 Å². The van der Waals surface area contributed by atoms with Crippen LogP contribution >= 0.6 is 0 Å². The molecule has 238 valence electrons. The highest BCUT2D eigenvalue weighted by Crippen LogP contribution is 2.56. The van der Waals surface area contributed by atoms with Gasteiger partial charge in [-0.15, -0.1) is 0 Å². The Kier molecular flexibility index (Phi) is 6.82. The SMILES string of the molecule is c1ccc(-c2c3ccccc3c(-c3ccccc3)c3cc(C4(c5ccccc5)c5ccccc5-c5ccccc5-c5ccccc54)ccc23)cc1. The summed E-state index contributed by atoms with van der Waals surface area (Å²) in [5.74, 6) is 0. The molecule has 0 saturated heterocycles. The first-order valence-electron chi connectivity index (χ1n) is 17.8. The molecule has 0 unspecified atom stereocenters. The van der Waals surface area contributed by atoms with Crippen molar-refractivity contribution in [2.24, 2.45) is 0 Å². The van der Waals surface area contributed by atoms with E-state index in [1.807, 2.05) is 0 Å². The zero-order chi connectivity index (χ0) is 33.8. The molecule has 9 aromatic carbocycles. The van der Waals surface area contributed by atoms with Crippen LogP contribution in [0.5, 0.6) is 0 Å². The molecule has 0 fully saturated rings. The van der Waals surface area contributed by atoms with E-state index in [9.17, 15) is 0 Å². The maximum absolute atomic E-state index is 2.52. The molecule has 0 bridgehead atoms. The van der Waals surface area contributed by atoms with Crippen molar-refractivity contribution in [2.45, 2.75) is 5.41 Å². The summed E-state index contributed by atoms with van der Waals surface area (Å²) in [4.78, 5) is 0. The number of hydrogen-bond donors (Lipinski definition) is 0. The zero-order valence-electron chi connectivity index (χ0n) is 28.1. The van der Waals surface area contributed by atoms with Crippen molar-refractivity contribution >= 4 is 21.5 Å². The molecule has 0 radical (unpaired) electrons. The minimum Gasteiger partial charge on any atom is -0.0622 e. The van der Waals surface area contributed by atoms with E-state index < -0.39 is 5.41 Å². The highest BCUT2D eigenvalue weighted by atomic mass is 14.4. The van der Waals surface area contributed by atoms with Crippen LogP contribution in [0.2, 0.25) is 0 Å². The summed E-state index contributed by atoms with van der Waals surface area (Å²) in [5.41, 5.74) is 14.5. The lowest BCUT2D eigenvalue weighted by atomic mass is 9.63. The number of hydrogen-bond acceptors (Lipinski definition) is 0. The van der Waals surface area contributed by atoms with E-state index >= 15 is 0 Å². The normalized spacial score (nSPS) is 12.9. The first kappa shape index (κ1) is 29.4. The van der Waals surface area contributed by atoms with Crippen LogP contribution in [-0.4, -0.2) is 0 Å². The average Bonchev–Trinajstić information content (AvgIpc) is 3.32. The second kappa shape index (κ2) is 11.8. The van der Waals surface area contributed by atoms with Crippen LogP contribution in [0.25, 0.3) is 66.1 Å². The molecule has 9 aromatic rings. The maximum Gasteiger partial charge on any atom is 0.0713 e. The van der Waals surface area contributed by atoms with Crippen molar-refractivity contribution in [1.29, 1.82) is 0 Å². The molecular formula is C51H34. The Labute approximate surface area is 298 Å². The molecule has 0 saturated carbocycles. The van der Waals surface area contributed by atoms with Crippen molar-refractivity contribution in [1.82, 2.24) is 0 Å². The summed E-state index contributed by atoms with van der Waals surface area (Å²) in [7, 11) is 0. The smallest absolute Gasteiger partial charge is 0.0622 e. The van der Waals surface area contributed by atoms with Gasteiger partial charge in [0.2, 0.25) is 0 Å². The number of fused-ring (bicyclic) bond motifs is 7. The third-order valence-electron chi connectivity index (χ3n) is 11.0. The minimum absolute atomic E-state index is 0.603. The fraction of sp³-hybridized carbons (Fsp3) is 0.0196. The summed E-state index contributed by atoms with van der Waals surface area (Å²) < 4.78 is 0. The average molecular weight is 647 g/mol. The van der Waals surface area contributed by atoms with Gasteiger partial charge in [-0.05, 0) is 94.4 Å². The van der Waals surface area contributed by atoms with E-state index in [1.165, 1.54) is 88.3 Å². The molecule has 51 heavy (non-hydrogen) atoms. The van der Waals surface area contributed by atoms with Gasteiger partial charge in [-0.25, -0.2) is 0 Å². The second-order valence-electron chi connectivity index (χ2n) is 13.5. The molecule has 0 atom stereocenters. The molecule has 1 aliphatic carbocycles. The monoisotopic (exact) mass is 646 g/mol. The summed E-state index contributed by atoms with van der Waals surface area (Å²) in [6, 6.07) is 76.4. The standard InChI is InChI=1S/C51H34/c1-4-18-35(19-5-1)49-43-28-12-13-29-44(43)50(36-20-6-2-7-21-36)46-34-38(32-33-45(46)49)51(37-22-8-3-9-23-37)47-30-16-14-26-41(47)39-24-10-11-25-40(39)42-27-15-17-31-48(42)51/h1-34H. The molecule has 1 aliphatic rings. The fourth-order valence-electron chi connectivity index (χ4n) is 8.91. The van der Waals surface area contributed by atoms with Crippen molar-refractivity contribution < 1.29 is 0 Å². The molecule has 0 heteroatoms. The molecule has 0 spiro atoms. The first-order chi connectivity index (χ1) is 25.3. The van der Waals surface area contributed by atoms with Gasteiger partial charge in [-0.1, -0.05) is 200 Å². The maximum atomic E-state index is 2.52. The van der Waals surface area contributed by atoms with E-state index in [1.54, 1.807) is 0 Å². The molecular weight excluding hydrogens is 613 g/mol. The van der Waals surface area contributed by atoms with Crippen molar-refractivity contribution in [3.05, 3.63) is 229 Å². The molecule has 0 amide bonds. The van der Waals surface area contributed by atoms with Crippen LogP contribution < -0.4 is 0 Å². The van der Waals surface area contributed by atoms with Crippen LogP contribution in [0.15, 0.2) is 206 Å². The van der Waals surface area contributed by atoms with E-state index in [-0.39, 0.29) is 0 Å². The van der Waals surface area contributed by atoms with Gasteiger partial charge in [0.15, 0.2) is 0 Å². The van der Waals surface area contributed by atoms with Crippen LogP contribution in [0.3, 0.4) is 0 Å². The van der Waals surface area contributed by atoms with Crippen molar-refractivity contribution in [3.63, 3.8) is 0 Å². The van der Waals surface area contributed by atoms with E-state index in [4.69, 9.17) is 0 Å². The Hall–Kier alpha value is -6.50. The zero-order valence-corrected chi connectivity index (χ0v) is 28.1. The van der Waals surface area contributed by atoms with Gasteiger partial charge >= 0.3 is 0 Å². The van der Waals surface area contributed by atoms with E-state index in [2.05, 4.69) is 206 Å². The van der Waals surface area contributed by atoms with Gasteiger partial charge in [0, 0.05) is 0 Å². The Bertz CT molecular complexity index is 2660. The summed E-state index contributed by atoms with van der Waals surface area (Å²) in [6.07, 6.45) is 0. The minimum atomic E-state index is -0.603. The highest BCUT2D eigenvalue weighted by molar-refractivity contribution is 6.21. The largest absolute Gasteiger partial charge is 0.0713 e. The molecule has 0 aliphatic heterocycles.